The zero-order chi connectivity index (χ0) is 11.5. The Kier molecular flexibility index (Phi) is 3.10. The predicted octanol–water partition coefficient (Wildman–Crippen LogP) is 3.22. The summed E-state index contributed by atoms with van der Waals surface area (Å²) in [7, 11) is 0. The van der Waals surface area contributed by atoms with Crippen LogP contribution >= 0.6 is 12.6 Å². The van der Waals surface area contributed by atoms with Crippen molar-refractivity contribution in [3.8, 4) is 11.4 Å². The maximum absolute atomic E-state index is 5.00. The Morgan fingerprint density at radius 1 is 1.19 bits per heavy atom. The van der Waals surface area contributed by atoms with Gasteiger partial charge in [-0.1, -0.05) is 19.9 Å². The van der Waals surface area contributed by atoms with Crippen LogP contribution < -0.4 is 0 Å². The van der Waals surface area contributed by atoms with Gasteiger partial charge in [0.1, 0.15) is 0 Å². The standard InChI is InChI=1S/C12H12N3S/c1-8(2)9-7-14-12(16)15-11(9)10-5-3-4-6-13-10/h3-8H,1-2H3. The predicted molar refractivity (Wildman–Crippen MR) is 65.2 cm³/mol. The largest absolute Gasteiger partial charge is 0.255 e. The van der Waals surface area contributed by atoms with Gasteiger partial charge in [0.2, 0.25) is 5.16 Å². The van der Waals surface area contributed by atoms with E-state index in [9.17, 15) is 0 Å². The molecule has 1 radical (unpaired) electrons. The lowest BCUT2D eigenvalue weighted by molar-refractivity contribution is 0.825. The first-order valence-electron chi connectivity index (χ1n) is 5.14. The minimum Gasteiger partial charge on any atom is -0.255 e. The van der Waals surface area contributed by atoms with Gasteiger partial charge in [0.05, 0.1) is 11.4 Å². The number of nitrogens with zero attached hydrogens (tertiary/aromatic N) is 3. The maximum atomic E-state index is 5.00. The van der Waals surface area contributed by atoms with Crippen LogP contribution in [0, 0.1) is 0 Å². The molecule has 0 fully saturated rings. The molecule has 0 atom stereocenters. The van der Waals surface area contributed by atoms with E-state index >= 15 is 0 Å². The van der Waals surface area contributed by atoms with Gasteiger partial charge in [-0.2, -0.15) is 0 Å². The van der Waals surface area contributed by atoms with Crippen LogP contribution in [0.3, 0.4) is 0 Å². The third-order valence-electron chi connectivity index (χ3n) is 2.32. The molecule has 0 aliphatic carbocycles. The summed E-state index contributed by atoms with van der Waals surface area (Å²) in [6, 6.07) is 5.76. The van der Waals surface area contributed by atoms with Gasteiger partial charge in [0.25, 0.3) is 0 Å². The van der Waals surface area contributed by atoms with E-state index in [2.05, 4.69) is 28.8 Å². The van der Waals surface area contributed by atoms with Crippen LogP contribution in [0.5, 0.6) is 0 Å². The molecule has 0 saturated carbocycles. The van der Waals surface area contributed by atoms with E-state index in [0.717, 1.165) is 17.0 Å². The van der Waals surface area contributed by atoms with Crippen LogP contribution in [0.15, 0.2) is 35.7 Å². The van der Waals surface area contributed by atoms with Crippen LogP contribution in [0.1, 0.15) is 25.3 Å². The van der Waals surface area contributed by atoms with Gasteiger partial charge in [-0.3, -0.25) is 4.98 Å². The van der Waals surface area contributed by atoms with Crippen molar-refractivity contribution in [2.24, 2.45) is 0 Å². The molecular formula is C12H12N3S. The second-order valence-electron chi connectivity index (χ2n) is 3.83. The Morgan fingerprint density at radius 2 is 2.00 bits per heavy atom. The fourth-order valence-electron chi connectivity index (χ4n) is 1.51. The van der Waals surface area contributed by atoms with Crippen molar-refractivity contribution in [1.82, 2.24) is 15.0 Å². The van der Waals surface area contributed by atoms with Gasteiger partial charge in [-0.25, -0.2) is 9.97 Å². The highest BCUT2D eigenvalue weighted by molar-refractivity contribution is 7.80. The van der Waals surface area contributed by atoms with Crippen molar-refractivity contribution in [1.29, 1.82) is 0 Å². The molecule has 0 spiro atoms. The number of hydrogen-bond acceptors (Lipinski definition) is 3. The normalized spacial score (nSPS) is 10.7. The van der Waals surface area contributed by atoms with Crippen molar-refractivity contribution in [2.45, 2.75) is 24.9 Å². The van der Waals surface area contributed by atoms with Gasteiger partial charge in [-0.15, -0.1) is 0 Å². The van der Waals surface area contributed by atoms with Gasteiger partial charge in [0, 0.05) is 18.0 Å². The monoisotopic (exact) mass is 230 g/mol. The Bertz CT molecular complexity index is 483. The molecule has 0 amide bonds. The number of pyridine rings is 1. The molecule has 81 valence electrons. The minimum atomic E-state index is 0.354. The summed E-state index contributed by atoms with van der Waals surface area (Å²) in [5.74, 6) is 0.354. The van der Waals surface area contributed by atoms with Crippen LogP contribution in [0.4, 0.5) is 0 Å². The van der Waals surface area contributed by atoms with Crippen LogP contribution in [-0.2, 0) is 0 Å². The lowest BCUT2D eigenvalue weighted by Gasteiger charge is -2.10. The number of hydrogen-bond donors (Lipinski definition) is 0. The highest BCUT2D eigenvalue weighted by atomic mass is 32.1. The van der Waals surface area contributed by atoms with E-state index in [0.29, 0.717) is 11.1 Å². The molecule has 0 N–H and O–H groups in total. The molecule has 2 aromatic heterocycles. The highest BCUT2D eigenvalue weighted by Crippen LogP contribution is 2.25. The zero-order valence-electron chi connectivity index (χ0n) is 9.21. The molecular weight excluding hydrogens is 218 g/mol. The molecule has 0 aliphatic heterocycles. The summed E-state index contributed by atoms with van der Waals surface area (Å²) in [5.41, 5.74) is 2.77. The fourth-order valence-corrected chi connectivity index (χ4v) is 1.65. The molecule has 16 heavy (non-hydrogen) atoms. The van der Waals surface area contributed by atoms with Crippen LogP contribution in [-0.4, -0.2) is 15.0 Å². The van der Waals surface area contributed by atoms with E-state index in [-0.39, 0.29) is 0 Å². The molecule has 0 aliphatic rings. The third-order valence-corrected chi connectivity index (χ3v) is 2.52. The molecule has 2 rings (SSSR count). The Hall–Kier alpha value is -1.55. The van der Waals surface area contributed by atoms with Gasteiger partial charge < -0.3 is 0 Å². The maximum Gasteiger partial charge on any atom is 0.219 e. The quantitative estimate of drug-likeness (QED) is 0.743. The summed E-state index contributed by atoms with van der Waals surface area (Å²) in [4.78, 5) is 12.7. The Morgan fingerprint density at radius 3 is 2.62 bits per heavy atom. The Labute approximate surface area is 100 Å². The second-order valence-corrected chi connectivity index (χ2v) is 4.19. The molecule has 2 heterocycles. The number of rotatable bonds is 2. The van der Waals surface area contributed by atoms with Gasteiger partial charge in [-0.05, 0) is 30.7 Å². The first kappa shape index (κ1) is 11.0. The SMILES string of the molecule is CC(C)c1cnc([S])nc1-c1ccccn1. The van der Waals surface area contributed by atoms with Crippen LogP contribution in [0.25, 0.3) is 11.4 Å². The van der Waals surface area contributed by atoms with E-state index < -0.39 is 0 Å². The topological polar surface area (TPSA) is 38.7 Å². The van der Waals surface area contributed by atoms with Gasteiger partial charge in [0.15, 0.2) is 0 Å². The second kappa shape index (κ2) is 4.53. The molecule has 0 aromatic carbocycles. The van der Waals surface area contributed by atoms with Crippen molar-refractivity contribution >= 4 is 12.6 Å². The average Bonchev–Trinajstić information content (AvgIpc) is 2.29. The fraction of sp³-hybridized carbons (Fsp3) is 0.250. The van der Waals surface area contributed by atoms with E-state index in [4.69, 9.17) is 12.6 Å². The first-order valence-corrected chi connectivity index (χ1v) is 5.54. The molecule has 0 bridgehead atoms. The Balaban J connectivity index is 2.58. The highest BCUT2D eigenvalue weighted by Gasteiger charge is 2.12. The summed E-state index contributed by atoms with van der Waals surface area (Å²) < 4.78 is 0. The smallest absolute Gasteiger partial charge is 0.219 e. The van der Waals surface area contributed by atoms with Gasteiger partial charge >= 0.3 is 0 Å². The van der Waals surface area contributed by atoms with E-state index in [1.54, 1.807) is 12.4 Å². The van der Waals surface area contributed by atoms with Crippen molar-refractivity contribution in [3.63, 3.8) is 0 Å². The van der Waals surface area contributed by atoms with E-state index in [1.165, 1.54) is 0 Å². The summed E-state index contributed by atoms with van der Waals surface area (Å²) in [6.07, 6.45) is 3.55. The van der Waals surface area contributed by atoms with Crippen molar-refractivity contribution in [2.75, 3.05) is 0 Å². The minimum absolute atomic E-state index is 0.354. The van der Waals surface area contributed by atoms with Crippen molar-refractivity contribution < 1.29 is 0 Å². The molecule has 3 nitrogen and oxygen atoms in total. The molecule has 2 aromatic rings. The zero-order valence-corrected chi connectivity index (χ0v) is 10.0. The third kappa shape index (κ3) is 2.17. The lowest BCUT2D eigenvalue weighted by atomic mass is 10.0. The number of aromatic nitrogens is 3. The summed E-state index contributed by atoms with van der Waals surface area (Å²) in [6.45, 7) is 4.21. The summed E-state index contributed by atoms with van der Waals surface area (Å²) >= 11 is 5.00. The van der Waals surface area contributed by atoms with E-state index in [1.807, 2.05) is 18.2 Å². The molecule has 4 heteroatoms. The molecule has 0 saturated heterocycles. The molecule has 0 unspecified atom stereocenters. The van der Waals surface area contributed by atoms with Crippen LogP contribution in [0.2, 0.25) is 0 Å². The summed E-state index contributed by atoms with van der Waals surface area (Å²) in [5, 5.41) is 0.366. The van der Waals surface area contributed by atoms with Crippen molar-refractivity contribution in [3.05, 3.63) is 36.2 Å². The average molecular weight is 230 g/mol. The first-order chi connectivity index (χ1) is 7.68. The lowest BCUT2D eigenvalue weighted by Crippen LogP contribution is -1.99.